The van der Waals surface area contributed by atoms with Crippen LogP contribution in [0.2, 0.25) is 0 Å². The molecule has 0 heterocycles. The molecular weight excluding hydrogens is 300 g/mol. The largest absolute Gasteiger partial charge is 0.0622 e. The standard InChI is InChI=1S/C15H16.C10H14/c1-12-8-9-15(10-13(12)2)11-14-6-4-3-5-7-14;1-4-10-6-5-8(2)9(3)7-10/h3-10H,11H2,1-2H3;5-7H,4H2,1-3H3. The summed E-state index contributed by atoms with van der Waals surface area (Å²) in [5.41, 5.74) is 9.74. The first kappa shape index (κ1) is 19.0. The summed E-state index contributed by atoms with van der Waals surface area (Å²) in [5.74, 6) is 0. The first-order chi connectivity index (χ1) is 12.0. The molecule has 3 aromatic carbocycles. The van der Waals surface area contributed by atoms with Crippen LogP contribution in [0.5, 0.6) is 0 Å². The average Bonchev–Trinajstić information content (AvgIpc) is 2.62. The van der Waals surface area contributed by atoms with Gasteiger partial charge in [0.05, 0.1) is 0 Å². The van der Waals surface area contributed by atoms with Crippen LogP contribution in [0.15, 0.2) is 66.7 Å². The van der Waals surface area contributed by atoms with E-state index in [2.05, 4.69) is 101 Å². The van der Waals surface area contributed by atoms with Gasteiger partial charge in [-0.05, 0) is 79.5 Å². The van der Waals surface area contributed by atoms with Crippen molar-refractivity contribution in [3.63, 3.8) is 0 Å². The van der Waals surface area contributed by atoms with Gasteiger partial charge in [-0.15, -0.1) is 0 Å². The first-order valence-corrected chi connectivity index (χ1v) is 9.15. The molecule has 0 aliphatic carbocycles. The number of hydrogen-bond acceptors (Lipinski definition) is 0. The zero-order valence-corrected chi connectivity index (χ0v) is 16.3. The van der Waals surface area contributed by atoms with E-state index in [9.17, 15) is 0 Å². The molecule has 0 fully saturated rings. The summed E-state index contributed by atoms with van der Waals surface area (Å²) in [6, 6.07) is 23.9. The fourth-order valence-corrected chi connectivity index (χ4v) is 2.77. The van der Waals surface area contributed by atoms with Crippen molar-refractivity contribution in [1.82, 2.24) is 0 Å². The molecule has 0 aliphatic heterocycles. The van der Waals surface area contributed by atoms with Gasteiger partial charge >= 0.3 is 0 Å². The lowest BCUT2D eigenvalue weighted by atomic mass is 10.0. The maximum absolute atomic E-state index is 2.28. The van der Waals surface area contributed by atoms with Crippen molar-refractivity contribution in [3.05, 3.63) is 106 Å². The van der Waals surface area contributed by atoms with E-state index in [1.807, 2.05) is 0 Å². The lowest BCUT2D eigenvalue weighted by molar-refractivity contribution is 1.12. The Morgan fingerprint density at radius 1 is 0.520 bits per heavy atom. The second-order valence-electron chi connectivity index (χ2n) is 6.85. The zero-order chi connectivity index (χ0) is 18.2. The van der Waals surface area contributed by atoms with E-state index < -0.39 is 0 Å². The maximum Gasteiger partial charge on any atom is -0.00257 e. The fourth-order valence-electron chi connectivity index (χ4n) is 2.77. The molecule has 0 saturated heterocycles. The Labute approximate surface area is 153 Å². The van der Waals surface area contributed by atoms with Crippen LogP contribution in [0.25, 0.3) is 0 Å². The van der Waals surface area contributed by atoms with Gasteiger partial charge in [-0.3, -0.25) is 0 Å². The molecule has 0 radical (unpaired) electrons. The number of benzene rings is 3. The lowest BCUT2D eigenvalue weighted by Crippen LogP contribution is -1.89. The Hall–Kier alpha value is -2.34. The average molecular weight is 331 g/mol. The lowest BCUT2D eigenvalue weighted by Gasteiger charge is -2.05. The van der Waals surface area contributed by atoms with Gasteiger partial charge in [0, 0.05) is 0 Å². The van der Waals surface area contributed by atoms with Gasteiger partial charge in [0.1, 0.15) is 0 Å². The highest BCUT2D eigenvalue weighted by molar-refractivity contribution is 5.33. The van der Waals surface area contributed by atoms with E-state index >= 15 is 0 Å². The molecule has 25 heavy (non-hydrogen) atoms. The molecule has 0 heteroatoms. The SMILES string of the molecule is CCc1ccc(C)c(C)c1.Cc1ccc(Cc2ccccc2)cc1C. The Kier molecular flexibility index (Phi) is 7.01. The van der Waals surface area contributed by atoms with Crippen molar-refractivity contribution < 1.29 is 0 Å². The highest BCUT2D eigenvalue weighted by Crippen LogP contribution is 2.14. The van der Waals surface area contributed by atoms with Crippen molar-refractivity contribution in [3.8, 4) is 0 Å². The minimum Gasteiger partial charge on any atom is -0.0622 e. The van der Waals surface area contributed by atoms with Crippen molar-refractivity contribution >= 4 is 0 Å². The molecular formula is C25H30. The van der Waals surface area contributed by atoms with Crippen molar-refractivity contribution in [1.29, 1.82) is 0 Å². The molecule has 0 aromatic heterocycles. The van der Waals surface area contributed by atoms with Crippen LogP contribution in [0.1, 0.15) is 45.9 Å². The minimum atomic E-state index is 1.03. The summed E-state index contributed by atoms with van der Waals surface area (Å²) in [5, 5.41) is 0. The van der Waals surface area contributed by atoms with Crippen LogP contribution in [0, 0.1) is 27.7 Å². The van der Waals surface area contributed by atoms with Gasteiger partial charge in [0.15, 0.2) is 0 Å². The van der Waals surface area contributed by atoms with E-state index in [0.717, 1.165) is 12.8 Å². The maximum atomic E-state index is 2.28. The molecule has 0 unspecified atom stereocenters. The van der Waals surface area contributed by atoms with Crippen LogP contribution in [-0.2, 0) is 12.8 Å². The number of hydrogen-bond donors (Lipinski definition) is 0. The van der Waals surface area contributed by atoms with E-state index in [4.69, 9.17) is 0 Å². The third-order valence-corrected chi connectivity index (χ3v) is 4.80. The van der Waals surface area contributed by atoms with Crippen LogP contribution >= 0.6 is 0 Å². The first-order valence-electron chi connectivity index (χ1n) is 9.15. The van der Waals surface area contributed by atoms with E-state index in [-0.39, 0.29) is 0 Å². The van der Waals surface area contributed by atoms with Crippen LogP contribution in [0.4, 0.5) is 0 Å². The summed E-state index contributed by atoms with van der Waals surface area (Å²) < 4.78 is 0. The number of rotatable bonds is 3. The van der Waals surface area contributed by atoms with E-state index in [1.54, 1.807) is 0 Å². The Balaban J connectivity index is 0.000000196. The Bertz CT molecular complexity index is 798. The van der Waals surface area contributed by atoms with Gasteiger partial charge in [-0.2, -0.15) is 0 Å². The van der Waals surface area contributed by atoms with Gasteiger partial charge in [-0.1, -0.05) is 73.7 Å². The number of aryl methyl sites for hydroxylation is 5. The van der Waals surface area contributed by atoms with Crippen molar-refractivity contribution in [2.24, 2.45) is 0 Å². The van der Waals surface area contributed by atoms with Gasteiger partial charge < -0.3 is 0 Å². The molecule has 3 aromatic rings. The molecule has 0 spiro atoms. The van der Waals surface area contributed by atoms with E-state index in [0.29, 0.717) is 0 Å². The summed E-state index contributed by atoms with van der Waals surface area (Å²) in [6.07, 6.45) is 2.17. The summed E-state index contributed by atoms with van der Waals surface area (Å²) in [7, 11) is 0. The topological polar surface area (TPSA) is 0 Å². The summed E-state index contributed by atoms with van der Waals surface area (Å²) >= 11 is 0. The molecule has 0 atom stereocenters. The summed E-state index contributed by atoms with van der Waals surface area (Å²) in [4.78, 5) is 0. The highest BCUT2D eigenvalue weighted by atomic mass is 14.0. The second-order valence-corrected chi connectivity index (χ2v) is 6.85. The molecule has 0 bridgehead atoms. The highest BCUT2D eigenvalue weighted by Gasteiger charge is 1.97. The Morgan fingerprint density at radius 3 is 1.56 bits per heavy atom. The van der Waals surface area contributed by atoms with E-state index in [1.165, 1.54) is 38.9 Å². The third kappa shape index (κ3) is 5.90. The monoisotopic (exact) mass is 330 g/mol. The molecule has 0 N–H and O–H groups in total. The smallest absolute Gasteiger partial charge is 0.00257 e. The fraction of sp³-hybridized carbons (Fsp3) is 0.280. The summed E-state index contributed by atoms with van der Waals surface area (Å²) in [6.45, 7) is 10.8. The molecule has 3 rings (SSSR count). The predicted octanol–water partition coefficient (Wildman–Crippen LogP) is 6.76. The molecule has 0 saturated carbocycles. The zero-order valence-electron chi connectivity index (χ0n) is 16.3. The van der Waals surface area contributed by atoms with Crippen LogP contribution in [0.3, 0.4) is 0 Å². The molecule has 0 nitrogen and oxygen atoms in total. The molecule has 130 valence electrons. The van der Waals surface area contributed by atoms with Crippen molar-refractivity contribution in [2.75, 3.05) is 0 Å². The Morgan fingerprint density at radius 2 is 1.04 bits per heavy atom. The van der Waals surface area contributed by atoms with Crippen molar-refractivity contribution in [2.45, 2.75) is 47.5 Å². The quantitative estimate of drug-likeness (QED) is 0.497. The molecule has 0 amide bonds. The predicted molar refractivity (Wildman–Crippen MR) is 110 cm³/mol. The van der Waals surface area contributed by atoms with Crippen LogP contribution < -0.4 is 0 Å². The van der Waals surface area contributed by atoms with Gasteiger partial charge in [0.2, 0.25) is 0 Å². The van der Waals surface area contributed by atoms with Gasteiger partial charge in [-0.25, -0.2) is 0 Å². The minimum absolute atomic E-state index is 1.03. The third-order valence-electron chi connectivity index (χ3n) is 4.80. The normalized spacial score (nSPS) is 10.1. The van der Waals surface area contributed by atoms with Gasteiger partial charge in [0.25, 0.3) is 0 Å². The second kappa shape index (κ2) is 9.22. The molecule has 0 aliphatic rings. The van der Waals surface area contributed by atoms with Crippen LogP contribution in [-0.4, -0.2) is 0 Å².